The maximum absolute atomic E-state index is 10.3. The molecular formula is C12H16Ca3O14. The summed E-state index contributed by atoms with van der Waals surface area (Å²) in [7, 11) is 0. The summed E-state index contributed by atoms with van der Waals surface area (Å²) in [5.41, 5.74) is -5.48. The smallest absolute Gasteiger partial charge is 0.336 e. The minimum atomic E-state index is -2.74. The van der Waals surface area contributed by atoms with E-state index in [0.29, 0.717) is 0 Å². The van der Waals surface area contributed by atoms with E-state index in [2.05, 4.69) is 0 Å². The summed E-state index contributed by atoms with van der Waals surface area (Å²) < 4.78 is 0. The summed E-state index contributed by atoms with van der Waals surface area (Å²) in [6, 6.07) is 0. The van der Waals surface area contributed by atoms with Crippen LogP contribution in [-0.4, -0.2) is 201 Å². The minimum Gasteiger partial charge on any atom is -0.481 e. The molecule has 0 saturated heterocycles. The molecule has 0 atom stereocenters. The van der Waals surface area contributed by atoms with Crippen molar-refractivity contribution in [2.45, 2.75) is 36.9 Å². The summed E-state index contributed by atoms with van der Waals surface area (Å²) in [4.78, 5) is 61.0. The zero-order chi connectivity index (χ0) is 21.3. The predicted octanol–water partition coefficient (Wildman–Crippen LogP) is -3.64. The SMILES string of the molecule is O=C(O)CC(O)(CC(=O)O)C(=O)O.O=C(O)CC(O)(CC(=O)O)C(=O)O.[Ca].[Ca].[Ca]. The van der Waals surface area contributed by atoms with Gasteiger partial charge >= 0.3 is 35.8 Å². The van der Waals surface area contributed by atoms with E-state index in [1.165, 1.54) is 0 Å². The van der Waals surface area contributed by atoms with Gasteiger partial charge in [-0.3, -0.25) is 19.2 Å². The molecule has 154 valence electrons. The minimum absolute atomic E-state index is 0. The summed E-state index contributed by atoms with van der Waals surface area (Å²) in [5, 5.41) is 67.6. The van der Waals surface area contributed by atoms with Crippen LogP contribution in [0, 0.1) is 0 Å². The van der Waals surface area contributed by atoms with Crippen molar-refractivity contribution in [3.05, 3.63) is 0 Å². The molecule has 0 unspecified atom stereocenters. The van der Waals surface area contributed by atoms with Gasteiger partial charge in [0.2, 0.25) is 0 Å². The molecule has 0 heterocycles. The van der Waals surface area contributed by atoms with E-state index in [-0.39, 0.29) is 113 Å². The monoisotopic (exact) mass is 504 g/mol. The van der Waals surface area contributed by atoms with E-state index in [4.69, 9.17) is 40.9 Å². The van der Waals surface area contributed by atoms with Crippen LogP contribution in [0.1, 0.15) is 25.7 Å². The van der Waals surface area contributed by atoms with Gasteiger partial charge in [-0.15, -0.1) is 0 Å². The second-order valence-electron chi connectivity index (χ2n) is 4.96. The molecule has 8 N–H and O–H groups in total. The summed E-state index contributed by atoms with van der Waals surface area (Å²) >= 11 is 0. The number of carbonyl (C=O) groups is 6. The molecule has 0 aliphatic rings. The molecule has 0 rings (SSSR count). The van der Waals surface area contributed by atoms with E-state index < -0.39 is 72.7 Å². The molecular weight excluding hydrogens is 488 g/mol. The standard InChI is InChI=1S/2C6H8O7.3Ca/c2*7-3(8)1-6(13,5(11)12)2-4(9)10;;;/h2*13H,1-2H2,(H,7,8)(H,9,10)(H,11,12);;;. The third-order valence-corrected chi connectivity index (χ3v) is 2.57. The zero-order valence-corrected chi connectivity index (χ0v) is 21.6. The van der Waals surface area contributed by atoms with Crippen molar-refractivity contribution in [3.63, 3.8) is 0 Å². The molecule has 0 fully saturated rings. The van der Waals surface area contributed by atoms with Crippen LogP contribution in [0.5, 0.6) is 0 Å². The Bertz CT molecular complexity index is 521. The third-order valence-electron chi connectivity index (χ3n) is 2.57. The van der Waals surface area contributed by atoms with Crippen LogP contribution in [0.3, 0.4) is 0 Å². The Balaban J connectivity index is -0.000000120. The first-order valence-electron chi connectivity index (χ1n) is 6.34. The van der Waals surface area contributed by atoms with Crippen LogP contribution < -0.4 is 0 Å². The van der Waals surface area contributed by atoms with Gasteiger partial charge in [0.15, 0.2) is 11.2 Å². The summed E-state index contributed by atoms with van der Waals surface area (Å²) in [5.74, 6) is -10.0. The molecule has 17 heteroatoms. The van der Waals surface area contributed by atoms with Crippen molar-refractivity contribution in [2.75, 3.05) is 0 Å². The molecule has 0 saturated carbocycles. The molecule has 0 aromatic heterocycles. The average molecular weight is 504 g/mol. The van der Waals surface area contributed by atoms with E-state index in [0.717, 1.165) is 0 Å². The molecule has 6 radical (unpaired) electrons. The maximum Gasteiger partial charge on any atom is 0.336 e. The van der Waals surface area contributed by atoms with Gasteiger partial charge < -0.3 is 40.9 Å². The van der Waals surface area contributed by atoms with Crippen molar-refractivity contribution >= 4 is 149 Å². The van der Waals surface area contributed by atoms with Crippen molar-refractivity contribution < 1.29 is 69.6 Å². The van der Waals surface area contributed by atoms with Crippen LogP contribution in [0.25, 0.3) is 0 Å². The molecule has 0 aromatic rings. The Hall–Kier alpha value is 0.519. The first-order valence-corrected chi connectivity index (χ1v) is 6.34. The second kappa shape index (κ2) is 18.1. The largest absolute Gasteiger partial charge is 0.481 e. The van der Waals surface area contributed by atoms with Crippen LogP contribution in [-0.2, 0) is 28.8 Å². The molecule has 29 heavy (non-hydrogen) atoms. The van der Waals surface area contributed by atoms with Crippen molar-refractivity contribution in [2.24, 2.45) is 0 Å². The van der Waals surface area contributed by atoms with Crippen molar-refractivity contribution in [1.29, 1.82) is 0 Å². The van der Waals surface area contributed by atoms with Crippen LogP contribution in [0.2, 0.25) is 0 Å². The van der Waals surface area contributed by atoms with E-state index in [9.17, 15) is 28.8 Å². The zero-order valence-electron chi connectivity index (χ0n) is 15.0. The molecule has 0 bridgehead atoms. The maximum atomic E-state index is 10.3. The fraction of sp³-hybridized carbons (Fsp3) is 0.500. The summed E-state index contributed by atoms with van der Waals surface area (Å²) in [6.45, 7) is 0. The molecule has 0 amide bonds. The Labute approximate surface area is 251 Å². The Morgan fingerprint density at radius 1 is 0.448 bits per heavy atom. The van der Waals surface area contributed by atoms with Crippen molar-refractivity contribution in [3.8, 4) is 0 Å². The first-order chi connectivity index (χ1) is 11.6. The third kappa shape index (κ3) is 19.0. The molecule has 0 spiro atoms. The Kier molecular flexibility index (Phi) is 25.0. The van der Waals surface area contributed by atoms with Gasteiger partial charge in [0.05, 0.1) is 25.7 Å². The first kappa shape index (κ1) is 39.9. The normalized spacial score (nSPS) is 9.72. The number of rotatable bonds is 10. The van der Waals surface area contributed by atoms with Gasteiger partial charge in [-0.1, -0.05) is 0 Å². The van der Waals surface area contributed by atoms with Gasteiger partial charge in [0.1, 0.15) is 0 Å². The number of hydrogen-bond acceptors (Lipinski definition) is 8. The topological polar surface area (TPSA) is 264 Å². The van der Waals surface area contributed by atoms with Gasteiger partial charge in [0.25, 0.3) is 0 Å². The Morgan fingerprint density at radius 2 is 0.586 bits per heavy atom. The van der Waals surface area contributed by atoms with Crippen LogP contribution >= 0.6 is 0 Å². The van der Waals surface area contributed by atoms with Crippen LogP contribution in [0.4, 0.5) is 0 Å². The number of aliphatic carboxylic acids is 6. The van der Waals surface area contributed by atoms with Crippen molar-refractivity contribution in [1.82, 2.24) is 0 Å². The summed E-state index contributed by atoms with van der Waals surface area (Å²) in [6.07, 6.45) is -4.58. The molecule has 0 aliphatic heterocycles. The van der Waals surface area contributed by atoms with Gasteiger partial charge in [-0.05, 0) is 0 Å². The number of carboxylic acid groups (broad SMARTS) is 6. The van der Waals surface area contributed by atoms with E-state index in [1.54, 1.807) is 0 Å². The number of aliphatic hydroxyl groups is 2. The average Bonchev–Trinajstić information content (AvgIpc) is 2.34. The molecule has 0 aromatic carbocycles. The predicted molar refractivity (Wildman–Crippen MR) is 91.4 cm³/mol. The number of hydrogen-bond donors (Lipinski definition) is 8. The number of carboxylic acids is 6. The molecule has 0 aliphatic carbocycles. The quantitative estimate of drug-likeness (QED) is 0.133. The van der Waals surface area contributed by atoms with Gasteiger partial charge in [-0.2, -0.15) is 0 Å². The second-order valence-corrected chi connectivity index (χ2v) is 4.96. The fourth-order valence-electron chi connectivity index (χ4n) is 1.43. The van der Waals surface area contributed by atoms with E-state index >= 15 is 0 Å². The van der Waals surface area contributed by atoms with Gasteiger partial charge in [0, 0.05) is 113 Å². The van der Waals surface area contributed by atoms with Crippen LogP contribution in [0.15, 0.2) is 0 Å². The molecule has 14 nitrogen and oxygen atoms in total. The fourth-order valence-corrected chi connectivity index (χ4v) is 1.43. The Morgan fingerprint density at radius 3 is 0.655 bits per heavy atom. The van der Waals surface area contributed by atoms with Gasteiger partial charge in [-0.25, -0.2) is 9.59 Å². The van der Waals surface area contributed by atoms with E-state index in [1.807, 2.05) is 0 Å².